The maximum atomic E-state index is 6.28. The second-order valence-electron chi connectivity index (χ2n) is 6.42. The highest BCUT2D eigenvalue weighted by atomic mass is 35.5. The van der Waals surface area contributed by atoms with Crippen molar-refractivity contribution in [2.45, 2.75) is 46.0 Å². The van der Waals surface area contributed by atoms with Crippen LogP contribution in [-0.2, 0) is 6.42 Å². The minimum atomic E-state index is 0.191. The summed E-state index contributed by atoms with van der Waals surface area (Å²) in [6, 6.07) is 4.16. The van der Waals surface area contributed by atoms with Crippen LogP contribution in [0.2, 0.25) is 5.15 Å². The van der Waals surface area contributed by atoms with Crippen molar-refractivity contribution in [1.82, 2.24) is 14.6 Å². The summed E-state index contributed by atoms with van der Waals surface area (Å²) >= 11 is 6.28. The zero-order valence-corrected chi connectivity index (χ0v) is 11.8. The van der Waals surface area contributed by atoms with Gasteiger partial charge in [0, 0.05) is 6.42 Å². The molecule has 1 fully saturated rings. The van der Waals surface area contributed by atoms with Gasteiger partial charge in [0.25, 0.3) is 0 Å². The molecule has 0 N–H and O–H groups in total. The first-order chi connectivity index (χ1) is 8.42. The van der Waals surface area contributed by atoms with Crippen LogP contribution in [0.15, 0.2) is 12.1 Å². The Morgan fingerprint density at radius 3 is 2.67 bits per heavy atom. The summed E-state index contributed by atoms with van der Waals surface area (Å²) in [5.74, 6) is 1.56. The molecule has 0 amide bonds. The predicted octanol–water partition coefficient (Wildman–Crippen LogP) is 3.85. The summed E-state index contributed by atoms with van der Waals surface area (Å²) in [6.07, 6.45) is 3.41. The smallest absolute Gasteiger partial charge is 0.157 e. The van der Waals surface area contributed by atoms with Gasteiger partial charge >= 0.3 is 0 Å². The third kappa shape index (κ3) is 2.37. The van der Waals surface area contributed by atoms with Gasteiger partial charge in [-0.05, 0) is 41.9 Å². The van der Waals surface area contributed by atoms with Crippen LogP contribution in [-0.4, -0.2) is 14.6 Å². The molecule has 2 aromatic heterocycles. The highest BCUT2D eigenvalue weighted by Crippen LogP contribution is 2.41. The second kappa shape index (κ2) is 3.95. The standard InChI is InChI=1S/C14H18ClN3/c1-14(2,3)8-12-16-13-7-10(9-4-5-9)6-11(15)18(13)17-12/h6-7,9H,4-5,8H2,1-3H3. The first-order valence-corrected chi connectivity index (χ1v) is 6.85. The van der Waals surface area contributed by atoms with Gasteiger partial charge in [-0.1, -0.05) is 32.4 Å². The average molecular weight is 264 g/mol. The number of nitrogens with zero attached hydrogens (tertiary/aromatic N) is 3. The first-order valence-electron chi connectivity index (χ1n) is 6.47. The molecule has 1 saturated carbocycles. The molecule has 2 aromatic rings. The zero-order valence-electron chi connectivity index (χ0n) is 11.1. The molecule has 0 unspecified atom stereocenters. The molecule has 1 aliphatic rings. The SMILES string of the molecule is CC(C)(C)Cc1nc2cc(C3CC3)cc(Cl)n2n1. The Morgan fingerprint density at radius 1 is 1.33 bits per heavy atom. The monoisotopic (exact) mass is 263 g/mol. The molecular weight excluding hydrogens is 246 g/mol. The molecule has 3 nitrogen and oxygen atoms in total. The molecule has 0 atom stereocenters. The lowest BCUT2D eigenvalue weighted by atomic mass is 9.92. The van der Waals surface area contributed by atoms with Crippen molar-refractivity contribution in [3.05, 3.63) is 28.7 Å². The normalized spacial score (nSPS) is 16.4. The van der Waals surface area contributed by atoms with Crippen LogP contribution in [0, 0.1) is 5.41 Å². The van der Waals surface area contributed by atoms with E-state index in [-0.39, 0.29) is 5.41 Å². The van der Waals surface area contributed by atoms with E-state index in [1.54, 1.807) is 4.52 Å². The van der Waals surface area contributed by atoms with E-state index in [0.717, 1.165) is 17.9 Å². The van der Waals surface area contributed by atoms with Crippen LogP contribution in [0.25, 0.3) is 5.65 Å². The average Bonchev–Trinajstić information content (AvgIpc) is 2.98. The maximum absolute atomic E-state index is 6.28. The van der Waals surface area contributed by atoms with Crippen LogP contribution >= 0.6 is 11.6 Å². The van der Waals surface area contributed by atoms with Gasteiger partial charge < -0.3 is 0 Å². The molecule has 0 radical (unpaired) electrons. The number of rotatable bonds is 2. The Kier molecular flexibility index (Phi) is 2.63. The molecule has 0 bridgehead atoms. The van der Waals surface area contributed by atoms with Gasteiger partial charge in [-0.25, -0.2) is 9.50 Å². The van der Waals surface area contributed by atoms with E-state index in [4.69, 9.17) is 11.6 Å². The summed E-state index contributed by atoms with van der Waals surface area (Å²) in [6.45, 7) is 6.57. The Morgan fingerprint density at radius 2 is 2.06 bits per heavy atom. The van der Waals surface area contributed by atoms with Crippen molar-refractivity contribution in [2.24, 2.45) is 5.41 Å². The third-order valence-electron chi connectivity index (χ3n) is 3.20. The van der Waals surface area contributed by atoms with Gasteiger partial charge in [0.2, 0.25) is 0 Å². The van der Waals surface area contributed by atoms with Gasteiger partial charge in [0.1, 0.15) is 5.15 Å². The molecule has 18 heavy (non-hydrogen) atoms. The molecule has 3 rings (SSSR count). The molecule has 0 spiro atoms. The molecule has 0 aliphatic heterocycles. The number of hydrogen-bond acceptors (Lipinski definition) is 2. The van der Waals surface area contributed by atoms with E-state index in [2.05, 4.69) is 36.9 Å². The van der Waals surface area contributed by atoms with Gasteiger partial charge in [-0.2, -0.15) is 0 Å². The topological polar surface area (TPSA) is 30.2 Å². The van der Waals surface area contributed by atoms with E-state index in [9.17, 15) is 0 Å². The summed E-state index contributed by atoms with van der Waals surface area (Å²) in [7, 11) is 0. The molecular formula is C14H18ClN3. The third-order valence-corrected chi connectivity index (χ3v) is 3.47. The highest BCUT2D eigenvalue weighted by molar-refractivity contribution is 6.29. The van der Waals surface area contributed by atoms with Crippen molar-refractivity contribution >= 4 is 17.2 Å². The van der Waals surface area contributed by atoms with Crippen LogP contribution in [0.5, 0.6) is 0 Å². The molecule has 0 saturated heterocycles. The molecule has 0 aromatic carbocycles. The summed E-state index contributed by atoms with van der Waals surface area (Å²) in [5, 5.41) is 5.16. The fraction of sp³-hybridized carbons (Fsp3) is 0.571. The number of pyridine rings is 1. The van der Waals surface area contributed by atoms with Gasteiger partial charge in [-0.3, -0.25) is 0 Å². The summed E-state index contributed by atoms with van der Waals surface area (Å²) < 4.78 is 1.74. The predicted molar refractivity (Wildman–Crippen MR) is 73.1 cm³/mol. The number of hydrogen-bond donors (Lipinski definition) is 0. The lowest BCUT2D eigenvalue weighted by Crippen LogP contribution is -2.10. The maximum Gasteiger partial charge on any atom is 0.157 e. The lowest BCUT2D eigenvalue weighted by Gasteiger charge is -2.14. The summed E-state index contributed by atoms with van der Waals surface area (Å²) in [4.78, 5) is 4.60. The fourth-order valence-corrected chi connectivity index (χ4v) is 2.46. The van der Waals surface area contributed by atoms with Gasteiger partial charge in [0.15, 0.2) is 11.5 Å². The van der Waals surface area contributed by atoms with E-state index in [1.807, 2.05) is 6.07 Å². The molecule has 4 heteroatoms. The Balaban J connectivity index is 2.02. The van der Waals surface area contributed by atoms with E-state index in [0.29, 0.717) is 11.1 Å². The number of fused-ring (bicyclic) bond motifs is 1. The van der Waals surface area contributed by atoms with Crippen molar-refractivity contribution in [1.29, 1.82) is 0 Å². The first kappa shape index (κ1) is 12.0. The van der Waals surface area contributed by atoms with Gasteiger partial charge in [0.05, 0.1) is 0 Å². The number of aromatic nitrogens is 3. The quantitative estimate of drug-likeness (QED) is 0.771. The van der Waals surface area contributed by atoms with Crippen LogP contribution in [0.1, 0.15) is 50.9 Å². The molecule has 1 aliphatic carbocycles. The van der Waals surface area contributed by atoms with E-state index in [1.165, 1.54) is 18.4 Å². The van der Waals surface area contributed by atoms with Crippen LogP contribution in [0.3, 0.4) is 0 Å². The van der Waals surface area contributed by atoms with Crippen molar-refractivity contribution in [3.8, 4) is 0 Å². The molecule has 2 heterocycles. The second-order valence-corrected chi connectivity index (χ2v) is 6.81. The highest BCUT2D eigenvalue weighted by Gasteiger charge is 2.25. The van der Waals surface area contributed by atoms with Crippen molar-refractivity contribution in [3.63, 3.8) is 0 Å². The molecule has 96 valence electrons. The lowest BCUT2D eigenvalue weighted by molar-refractivity contribution is 0.401. The minimum Gasteiger partial charge on any atom is -0.212 e. The van der Waals surface area contributed by atoms with Crippen LogP contribution < -0.4 is 0 Å². The Labute approximate surface area is 112 Å². The fourth-order valence-electron chi connectivity index (χ4n) is 2.21. The van der Waals surface area contributed by atoms with Gasteiger partial charge in [-0.15, -0.1) is 5.10 Å². The zero-order chi connectivity index (χ0) is 12.9. The largest absolute Gasteiger partial charge is 0.212 e. The van der Waals surface area contributed by atoms with E-state index >= 15 is 0 Å². The van der Waals surface area contributed by atoms with E-state index < -0.39 is 0 Å². The minimum absolute atomic E-state index is 0.191. The number of halogens is 1. The Hall–Kier alpha value is -1.09. The Bertz CT molecular complexity index is 591. The van der Waals surface area contributed by atoms with Crippen LogP contribution in [0.4, 0.5) is 0 Å². The summed E-state index contributed by atoms with van der Waals surface area (Å²) in [5.41, 5.74) is 2.38. The van der Waals surface area contributed by atoms with Crippen molar-refractivity contribution < 1.29 is 0 Å². The van der Waals surface area contributed by atoms with Crippen molar-refractivity contribution in [2.75, 3.05) is 0 Å².